The van der Waals surface area contributed by atoms with Crippen LogP contribution < -0.4 is 5.32 Å². The minimum Gasteiger partial charge on any atom is -0.387 e. The highest BCUT2D eigenvalue weighted by Gasteiger charge is 2.22. The Morgan fingerprint density at radius 2 is 1.82 bits per heavy atom. The van der Waals surface area contributed by atoms with E-state index in [1.54, 1.807) is 0 Å². The number of hydrogen-bond donors (Lipinski definition) is 2. The SMILES string of the molecule is OC(c1cc(F)cc(F)c1)C1CCCCCN1. The summed E-state index contributed by atoms with van der Waals surface area (Å²) in [5.41, 5.74) is 0.307. The zero-order valence-corrected chi connectivity index (χ0v) is 9.63. The van der Waals surface area contributed by atoms with Crippen molar-refractivity contribution in [2.24, 2.45) is 0 Å². The number of aliphatic hydroxyl groups is 1. The van der Waals surface area contributed by atoms with Crippen LogP contribution in [-0.2, 0) is 0 Å². The van der Waals surface area contributed by atoms with Crippen molar-refractivity contribution in [1.29, 1.82) is 0 Å². The number of nitrogens with one attached hydrogen (secondary N) is 1. The maximum absolute atomic E-state index is 13.1. The lowest BCUT2D eigenvalue weighted by Crippen LogP contribution is -2.34. The molecular weight excluding hydrogens is 224 g/mol. The van der Waals surface area contributed by atoms with Crippen molar-refractivity contribution in [3.63, 3.8) is 0 Å². The van der Waals surface area contributed by atoms with Crippen molar-refractivity contribution < 1.29 is 13.9 Å². The van der Waals surface area contributed by atoms with Gasteiger partial charge in [-0.05, 0) is 37.1 Å². The van der Waals surface area contributed by atoms with Gasteiger partial charge in [0.15, 0.2) is 0 Å². The molecule has 0 spiro atoms. The molecule has 2 nitrogen and oxygen atoms in total. The first-order valence-corrected chi connectivity index (χ1v) is 6.04. The van der Waals surface area contributed by atoms with Crippen molar-refractivity contribution >= 4 is 0 Å². The second kappa shape index (κ2) is 5.56. The first-order chi connectivity index (χ1) is 8.16. The zero-order chi connectivity index (χ0) is 12.3. The van der Waals surface area contributed by atoms with Gasteiger partial charge >= 0.3 is 0 Å². The van der Waals surface area contributed by atoms with Gasteiger partial charge in [0.05, 0.1) is 6.10 Å². The Hall–Kier alpha value is -1.00. The Morgan fingerprint density at radius 1 is 1.12 bits per heavy atom. The van der Waals surface area contributed by atoms with Crippen molar-refractivity contribution in [1.82, 2.24) is 5.32 Å². The summed E-state index contributed by atoms with van der Waals surface area (Å²) in [5.74, 6) is -1.29. The number of halogens is 2. The van der Waals surface area contributed by atoms with Crippen molar-refractivity contribution in [2.45, 2.75) is 37.8 Å². The van der Waals surface area contributed by atoms with E-state index in [2.05, 4.69) is 5.32 Å². The summed E-state index contributed by atoms with van der Waals surface area (Å²) in [4.78, 5) is 0. The Morgan fingerprint density at radius 3 is 2.53 bits per heavy atom. The number of aliphatic hydroxyl groups excluding tert-OH is 1. The van der Waals surface area contributed by atoms with Crippen molar-refractivity contribution in [3.8, 4) is 0 Å². The average molecular weight is 241 g/mol. The van der Waals surface area contributed by atoms with Gasteiger partial charge in [-0.15, -0.1) is 0 Å². The van der Waals surface area contributed by atoms with Gasteiger partial charge in [0, 0.05) is 12.1 Å². The van der Waals surface area contributed by atoms with E-state index in [1.165, 1.54) is 12.1 Å². The van der Waals surface area contributed by atoms with E-state index >= 15 is 0 Å². The molecule has 1 aliphatic heterocycles. The van der Waals surface area contributed by atoms with E-state index in [4.69, 9.17) is 0 Å². The van der Waals surface area contributed by atoms with Crippen LogP contribution in [0.1, 0.15) is 37.4 Å². The van der Waals surface area contributed by atoms with Gasteiger partial charge in [-0.2, -0.15) is 0 Å². The molecule has 0 radical (unpaired) electrons. The summed E-state index contributed by atoms with van der Waals surface area (Å²) in [5, 5.41) is 13.3. The molecule has 94 valence electrons. The van der Waals surface area contributed by atoms with Gasteiger partial charge in [-0.1, -0.05) is 12.8 Å². The first kappa shape index (κ1) is 12.5. The molecule has 17 heavy (non-hydrogen) atoms. The Bertz CT molecular complexity index is 355. The maximum atomic E-state index is 13.1. The van der Waals surface area contributed by atoms with Crippen molar-refractivity contribution in [3.05, 3.63) is 35.4 Å². The second-order valence-corrected chi connectivity index (χ2v) is 4.56. The van der Waals surface area contributed by atoms with Gasteiger partial charge in [-0.25, -0.2) is 8.78 Å². The molecule has 1 aromatic rings. The monoisotopic (exact) mass is 241 g/mol. The number of hydrogen-bond acceptors (Lipinski definition) is 2. The third-order valence-electron chi connectivity index (χ3n) is 3.21. The summed E-state index contributed by atoms with van der Waals surface area (Å²) in [6, 6.07) is 3.09. The zero-order valence-electron chi connectivity index (χ0n) is 9.63. The molecule has 2 rings (SSSR count). The standard InChI is InChI=1S/C13H17F2NO/c14-10-6-9(7-11(15)8-10)13(17)12-4-2-1-3-5-16-12/h6-8,12-13,16-17H,1-5H2. The van der Waals surface area contributed by atoms with Crippen LogP contribution in [0.5, 0.6) is 0 Å². The van der Waals surface area contributed by atoms with Gasteiger partial charge in [0.25, 0.3) is 0 Å². The number of benzene rings is 1. The Labute approximate surface area is 99.7 Å². The molecule has 4 heteroatoms. The summed E-state index contributed by atoms with van der Waals surface area (Å²) in [7, 11) is 0. The van der Waals surface area contributed by atoms with Crippen molar-refractivity contribution in [2.75, 3.05) is 6.54 Å². The minimum atomic E-state index is -0.849. The van der Waals surface area contributed by atoms with Crippen LogP contribution >= 0.6 is 0 Å². The van der Waals surface area contributed by atoms with E-state index in [0.717, 1.165) is 38.3 Å². The Balaban J connectivity index is 2.14. The topological polar surface area (TPSA) is 32.3 Å². The summed E-state index contributed by atoms with van der Waals surface area (Å²) < 4.78 is 26.1. The highest BCUT2D eigenvalue weighted by Crippen LogP contribution is 2.24. The first-order valence-electron chi connectivity index (χ1n) is 6.04. The fourth-order valence-electron chi connectivity index (χ4n) is 2.30. The van der Waals surface area contributed by atoms with Crippen LogP contribution in [0.4, 0.5) is 8.78 Å². The molecule has 1 saturated heterocycles. The maximum Gasteiger partial charge on any atom is 0.126 e. The molecule has 1 aromatic carbocycles. The Kier molecular flexibility index (Phi) is 4.07. The molecule has 0 saturated carbocycles. The highest BCUT2D eigenvalue weighted by molar-refractivity contribution is 5.21. The van der Waals surface area contributed by atoms with Crippen LogP contribution in [0.2, 0.25) is 0 Å². The summed E-state index contributed by atoms with van der Waals surface area (Å²) >= 11 is 0. The molecule has 0 aliphatic carbocycles. The molecule has 1 heterocycles. The lowest BCUT2D eigenvalue weighted by molar-refractivity contribution is 0.125. The lowest BCUT2D eigenvalue weighted by atomic mass is 9.98. The van der Waals surface area contributed by atoms with E-state index in [0.29, 0.717) is 5.56 Å². The molecule has 1 aliphatic rings. The normalized spacial score (nSPS) is 23.1. The van der Waals surface area contributed by atoms with E-state index < -0.39 is 17.7 Å². The second-order valence-electron chi connectivity index (χ2n) is 4.56. The van der Waals surface area contributed by atoms with E-state index in [9.17, 15) is 13.9 Å². The molecule has 2 unspecified atom stereocenters. The van der Waals surface area contributed by atoms with Gasteiger partial charge < -0.3 is 10.4 Å². The predicted octanol–water partition coefficient (Wildman–Crippen LogP) is 2.53. The molecule has 0 amide bonds. The van der Waals surface area contributed by atoms with Crippen LogP contribution in [0, 0.1) is 11.6 Å². The smallest absolute Gasteiger partial charge is 0.126 e. The van der Waals surface area contributed by atoms with Crippen LogP contribution in [0.3, 0.4) is 0 Å². The fourth-order valence-corrected chi connectivity index (χ4v) is 2.30. The summed E-state index contributed by atoms with van der Waals surface area (Å²) in [6.45, 7) is 0.847. The van der Waals surface area contributed by atoms with Crippen LogP contribution in [0.15, 0.2) is 18.2 Å². The molecule has 0 aromatic heterocycles. The van der Waals surface area contributed by atoms with E-state index in [-0.39, 0.29) is 6.04 Å². The fraction of sp³-hybridized carbons (Fsp3) is 0.538. The highest BCUT2D eigenvalue weighted by atomic mass is 19.1. The minimum absolute atomic E-state index is 0.112. The third-order valence-corrected chi connectivity index (χ3v) is 3.21. The lowest BCUT2D eigenvalue weighted by Gasteiger charge is -2.22. The quantitative estimate of drug-likeness (QED) is 0.834. The van der Waals surface area contributed by atoms with Crippen LogP contribution in [-0.4, -0.2) is 17.7 Å². The molecular formula is C13H17F2NO. The third kappa shape index (κ3) is 3.23. The van der Waals surface area contributed by atoms with Gasteiger partial charge in [0.1, 0.15) is 11.6 Å². The molecule has 0 bridgehead atoms. The number of rotatable bonds is 2. The van der Waals surface area contributed by atoms with E-state index in [1.807, 2.05) is 0 Å². The molecule has 1 fully saturated rings. The van der Waals surface area contributed by atoms with Crippen LogP contribution in [0.25, 0.3) is 0 Å². The van der Waals surface area contributed by atoms with Gasteiger partial charge in [0.2, 0.25) is 0 Å². The largest absolute Gasteiger partial charge is 0.387 e. The predicted molar refractivity (Wildman–Crippen MR) is 61.6 cm³/mol. The average Bonchev–Trinajstić information content (AvgIpc) is 2.55. The summed E-state index contributed by atoms with van der Waals surface area (Å²) in [6.07, 6.45) is 3.23. The molecule has 2 N–H and O–H groups in total. The van der Waals surface area contributed by atoms with Gasteiger partial charge in [-0.3, -0.25) is 0 Å². The molecule has 2 atom stereocenters.